The van der Waals surface area contributed by atoms with Crippen molar-refractivity contribution in [3.63, 3.8) is 0 Å². The second kappa shape index (κ2) is 4.94. The molecule has 0 spiro atoms. The monoisotopic (exact) mass is 187 g/mol. The Morgan fingerprint density at radius 1 is 1.46 bits per heavy atom. The summed E-state index contributed by atoms with van der Waals surface area (Å²) in [4.78, 5) is 0. The van der Waals surface area contributed by atoms with E-state index in [9.17, 15) is 5.11 Å². The van der Waals surface area contributed by atoms with Gasteiger partial charge in [0, 0.05) is 25.2 Å². The van der Waals surface area contributed by atoms with Gasteiger partial charge in [0.1, 0.15) is 0 Å². The Labute approximate surface area is 80.3 Å². The molecule has 0 radical (unpaired) electrons. The summed E-state index contributed by atoms with van der Waals surface area (Å²) in [5.41, 5.74) is 5.56. The van der Waals surface area contributed by atoms with E-state index in [-0.39, 0.29) is 12.0 Å². The quantitative estimate of drug-likeness (QED) is 0.683. The molecular weight excluding hydrogens is 166 g/mol. The number of aliphatic hydroxyl groups excluding tert-OH is 1. The maximum Gasteiger partial charge on any atom is 0.0496 e. The number of hydrogen-bond acceptors (Lipinski definition) is 3. The third kappa shape index (κ3) is 3.25. The van der Waals surface area contributed by atoms with Crippen molar-refractivity contribution in [2.75, 3.05) is 26.4 Å². The molecule has 1 aliphatic rings. The number of ether oxygens (including phenoxy) is 1. The summed E-state index contributed by atoms with van der Waals surface area (Å²) in [5, 5.41) is 9.20. The van der Waals surface area contributed by atoms with E-state index >= 15 is 0 Å². The van der Waals surface area contributed by atoms with Crippen LogP contribution in [0.1, 0.15) is 26.2 Å². The predicted octanol–water partition coefficient (Wildman–Crippen LogP) is 0.760. The average Bonchev–Trinajstić information content (AvgIpc) is 2.19. The molecule has 13 heavy (non-hydrogen) atoms. The van der Waals surface area contributed by atoms with Crippen molar-refractivity contribution in [1.82, 2.24) is 0 Å². The van der Waals surface area contributed by atoms with Crippen molar-refractivity contribution in [1.29, 1.82) is 0 Å². The van der Waals surface area contributed by atoms with Crippen LogP contribution in [0.2, 0.25) is 0 Å². The van der Waals surface area contributed by atoms with Crippen molar-refractivity contribution in [2.24, 2.45) is 17.1 Å². The van der Waals surface area contributed by atoms with E-state index in [1.54, 1.807) is 0 Å². The van der Waals surface area contributed by atoms with Gasteiger partial charge in [0.15, 0.2) is 0 Å². The zero-order valence-electron chi connectivity index (χ0n) is 8.46. The molecule has 0 aromatic heterocycles. The third-order valence-corrected chi connectivity index (χ3v) is 3.00. The second-order valence-electron chi connectivity index (χ2n) is 4.43. The molecular formula is C10H21NO2. The summed E-state index contributed by atoms with van der Waals surface area (Å²) in [6, 6.07) is 0. The molecule has 1 rings (SSSR count). The molecule has 1 fully saturated rings. The first-order valence-corrected chi connectivity index (χ1v) is 5.09. The van der Waals surface area contributed by atoms with Gasteiger partial charge in [0.25, 0.3) is 0 Å². The molecule has 1 aliphatic heterocycles. The molecule has 0 aromatic carbocycles. The molecule has 0 amide bonds. The van der Waals surface area contributed by atoms with E-state index < -0.39 is 0 Å². The minimum absolute atomic E-state index is 0.0813. The zero-order chi connectivity index (χ0) is 9.73. The molecule has 1 atom stereocenters. The minimum atomic E-state index is -0.0813. The van der Waals surface area contributed by atoms with Gasteiger partial charge in [0.2, 0.25) is 0 Å². The largest absolute Gasteiger partial charge is 0.396 e. The first kappa shape index (κ1) is 11.0. The Hall–Kier alpha value is -0.120. The summed E-state index contributed by atoms with van der Waals surface area (Å²) in [5.74, 6) is 0.689. The highest BCUT2D eigenvalue weighted by atomic mass is 16.5. The van der Waals surface area contributed by atoms with Gasteiger partial charge in [-0.3, -0.25) is 0 Å². The van der Waals surface area contributed by atoms with Gasteiger partial charge in [-0.15, -0.1) is 0 Å². The molecule has 0 aliphatic carbocycles. The highest BCUT2D eigenvalue weighted by Crippen LogP contribution is 2.29. The van der Waals surface area contributed by atoms with Crippen molar-refractivity contribution in [2.45, 2.75) is 26.2 Å². The Balaban J connectivity index is 2.35. The molecule has 78 valence electrons. The second-order valence-corrected chi connectivity index (χ2v) is 4.43. The molecule has 0 bridgehead atoms. The first-order chi connectivity index (χ1) is 6.20. The van der Waals surface area contributed by atoms with Crippen LogP contribution >= 0.6 is 0 Å². The maximum absolute atomic E-state index is 9.20. The smallest absolute Gasteiger partial charge is 0.0496 e. The minimum Gasteiger partial charge on any atom is -0.396 e. The van der Waals surface area contributed by atoms with Crippen LogP contribution < -0.4 is 5.73 Å². The molecule has 0 saturated carbocycles. The molecule has 1 saturated heterocycles. The fourth-order valence-electron chi connectivity index (χ4n) is 1.86. The Morgan fingerprint density at radius 3 is 2.54 bits per heavy atom. The number of rotatable bonds is 4. The van der Waals surface area contributed by atoms with Gasteiger partial charge in [-0.05, 0) is 31.7 Å². The van der Waals surface area contributed by atoms with E-state index in [4.69, 9.17) is 10.5 Å². The fourth-order valence-corrected chi connectivity index (χ4v) is 1.86. The lowest BCUT2D eigenvalue weighted by molar-refractivity contribution is 0.0378. The lowest BCUT2D eigenvalue weighted by Gasteiger charge is -2.32. The average molecular weight is 187 g/mol. The van der Waals surface area contributed by atoms with E-state index in [1.165, 1.54) is 0 Å². The molecule has 1 heterocycles. The highest BCUT2D eigenvalue weighted by molar-refractivity contribution is 4.79. The van der Waals surface area contributed by atoms with Crippen molar-refractivity contribution < 1.29 is 9.84 Å². The number of nitrogens with two attached hydrogens (primary N) is 1. The Morgan fingerprint density at radius 2 is 2.08 bits per heavy atom. The van der Waals surface area contributed by atoms with Crippen molar-refractivity contribution in [3.05, 3.63) is 0 Å². The van der Waals surface area contributed by atoms with Gasteiger partial charge < -0.3 is 15.6 Å². The molecule has 3 nitrogen and oxygen atoms in total. The van der Waals surface area contributed by atoms with Gasteiger partial charge in [0.05, 0.1) is 0 Å². The summed E-state index contributed by atoms with van der Waals surface area (Å²) in [7, 11) is 0. The summed E-state index contributed by atoms with van der Waals surface area (Å²) >= 11 is 0. The van der Waals surface area contributed by atoms with Crippen LogP contribution in [0.3, 0.4) is 0 Å². The molecule has 3 N–H and O–H groups in total. The van der Waals surface area contributed by atoms with Gasteiger partial charge in [-0.2, -0.15) is 0 Å². The van der Waals surface area contributed by atoms with Crippen molar-refractivity contribution in [3.8, 4) is 0 Å². The number of aliphatic hydroxyl groups is 1. The SMILES string of the molecule is CC(CN)(CO)CC1CCOCC1. The van der Waals surface area contributed by atoms with Crippen LogP contribution in [0.4, 0.5) is 0 Å². The Bertz CT molecular complexity index is 140. The third-order valence-electron chi connectivity index (χ3n) is 3.00. The van der Waals surface area contributed by atoms with E-state index in [0.29, 0.717) is 12.5 Å². The van der Waals surface area contributed by atoms with Gasteiger partial charge in [-0.25, -0.2) is 0 Å². The summed E-state index contributed by atoms with van der Waals surface area (Å²) in [6.07, 6.45) is 3.27. The van der Waals surface area contributed by atoms with Crippen LogP contribution in [0.15, 0.2) is 0 Å². The van der Waals surface area contributed by atoms with Crippen LogP contribution in [0, 0.1) is 11.3 Å². The highest BCUT2D eigenvalue weighted by Gasteiger charge is 2.27. The van der Waals surface area contributed by atoms with E-state index in [0.717, 1.165) is 32.5 Å². The summed E-state index contributed by atoms with van der Waals surface area (Å²) in [6.45, 7) is 4.57. The molecule has 1 unspecified atom stereocenters. The topological polar surface area (TPSA) is 55.5 Å². The van der Waals surface area contributed by atoms with Gasteiger partial charge >= 0.3 is 0 Å². The lowest BCUT2D eigenvalue weighted by atomic mass is 9.79. The van der Waals surface area contributed by atoms with Crippen LogP contribution in [-0.2, 0) is 4.74 Å². The predicted molar refractivity (Wildman–Crippen MR) is 52.4 cm³/mol. The van der Waals surface area contributed by atoms with E-state index in [2.05, 4.69) is 6.92 Å². The molecule has 3 heteroatoms. The summed E-state index contributed by atoms with van der Waals surface area (Å²) < 4.78 is 5.29. The molecule has 0 aromatic rings. The maximum atomic E-state index is 9.20. The zero-order valence-corrected chi connectivity index (χ0v) is 8.46. The number of hydrogen-bond donors (Lipinski definition) is 2. The van der Waals surface area contributed by atoms with Crippen molar-refractivity contribution >= 4 is 0 Å². The lowest BCUT2D eigenvalue weighted by Crippen LogP contribution is -2.34. The van der Waals surface area contributed by atoms with Crippen LogP contribution in [0.5, 0.6) is 0 Å². The van der Waals surface area contributed by atoms with Crippen LogP contribution in [0.25, 0.3) is 0 Å². The van der Waals surface area contributed by atoms with Crippen LogP contribution in [-0.4, -0.2) is 31.5 Å². The first-order valence-electron chi connectivity index (χ1n) is 5.09. The normalized spacial score (nSPS) is 24.2. The fraction of sp³-hybridized carbons (Fsp3) is 1.00. The van der Waals surface area contributed by atoms with E-state index in [1.807, 2.05) is 0 Å². The standard InChI is InChI=1S/C10H21NO2/c1-10(7-11,8-12)6-9-2-4-13-5-3-9/h9,12H,2-8,11H2,1H3. The van der Waals surface area contributed by atoms with Gasteiger partial charge in [-0.1, -0.05) is 6.92 Å². The Kier molecular flexibility index (Phi) is 4.16.